The van der Waals surface area contributed by atoms with Crippen molar-refractivity contribution in [3.63, 3.8) is 0 Å². The topological polar surface area (TPSA) is 42.9 Å². The third-order valence-corrected chi connectivity index (χ3v) is 3.70. The summed E-state index contributed by atoms with van der Waals surface area (Å²) in [6.45, 7) is 1.96. The van der Waals surface area contributed by atoms with Crippen LogP contribution < -0.4 is 0 Å². The average molecular weight is 236 g/mol. The molecule has 0 fully saturated rings. The van der Waals surface area contributed by atoms with E-state index in [1.165, 1.54) is 23.1 Å². The van der Waals surface area contributed by atoms with E-state index in [4.69, 9.17) is 0 Å². The van der Waals surface area contributed by atoms with Gasteiger partial charge >= 0.3 is 0 Å². The third kappa shape index (κ3) is 2.43. The highest BCUT2D eigenvalue weighted by Gasteiger charge is 2.06. The normalized spacial score (nSPS) is 10.2. The highest BCUT2D eigenvalue weighted by Crippen LogP contribution is 2.30. The van der Waals surface area contributed by atoms with Gasteiger partial charge in [0.2, 0.25) is 0 Å². The Balaban J connectivity index is 2.32. The van der Waals surface area contributed by atoms with Gasteiger partial charge in [0.25, 0.3) is 0 Å². The lowest BCUT2D eigenvalue weighted by Crippen LogP contribution is -1.86. The van der Waals surface area contributed by atoms with Gasteiger partial charge in [0, 0.05) is 10.5 Å². The lowest BCUT2D eigenvalue weighted by Gasteiger charge is -2.02. The molecule has 0 saturated heterocycles. The first-order chi connectivity index (χ1) is 7.29. The summed E-state index contributed by atoms with van der Waals surface area (Å²) >= 11 is 2.93. The van der Waals surface area contributed by atoms with Crippen molar-refractivity contribution in [1.29, 1.82) is 0 Å². The van der Waals surface area contributed by atoms with Gasteiger partial charge in [0.1, 0.15) is 5.51 Å². The van der Waals surface area contributed by atoms with Gasteiger partial charge in [-0.2, -0.15) is 0 Å². The number of hydrogen-bond donors (Lipinski definition) is 0. The number of nitrogens with zero attached hydrogens (tertiary/aromatic N) is 2. The zero-order valence-electron chi connectivity index (χ0n) is 8.01. The molecule has 0 atom stereocenters. The molecule has 1 aromatic carbocycles. The van der Waals surface area contributed by atoms with E-state index in [0.29, 0.717) is 5.56 Å². The quantitative estimate of drug-likeness (QED) is 0.768. The van der Waals surface area contributed by atoms with Gasteiger partial charge < -0.3 is 0 Å². The molecule has 2 rings (SSSR count). The Labute approximate surface area is 95.6 Å². The monoisotopic (exact) mass is 236 g/mol. The minimum Gasteiger partial charge on any atom is -0.298 e. The highest BCUT2D eigenvalue weighted by molar-refractivity contribution is 8.01. The molecule has 2 aromatic rings. The van der Waals surface area contributed by atoms with Crippen LogP contribution in [0.15, 0.2) is 32.9 Å². The van der Waals surface area contributed by atoms with Crippen molar-refractivity contribution < 1.29 is 4.79 Å². The molecule has 0 aliphatic heterocycles. The van der Waals surface area contributed by atoms with Crippen molar-refractivity contribution >= 4 is 29.4 Å². The summed E-state index contributed by atoms with van der Waals surface area (Å²) in [6, 6.07) is 5.79. The Hall–Kier alpha value is -1.20. The maximum Gasteiger partial charge on any atom is 0.178 e. The van der Waals surface area contributed by atoms with Gasteiger partial charge in [-0.25, -0.2) is 0 Å². The first-order valence-electron chi connectivity index (χ1n) is 4.29. The van der Waals surface area contributed by atoms with E-state index in [0.717, 1.165) is 21.1 Å². The second-order valence-corrected chi connectivity index (χ2v) is 5.09. The zero-order chi connectivity index (χ0) is 10.7. The average Bonchev–Trinajstić information content (AvgIpc) is 2.73. The third-order valence-electron chi connectivity index (χ3n) is 1.83. The van der Waals surface area contributed by atoms with E-state index in [1.54, 1.807) is 5.51 Å². The molecule has 0 unspecified atom stereocenters. The number of carbonyl (C=O) groups is 1. The number of carbonyl (C=O) groups excluding carboxylic acids is 1. The van der Waals surface area contributed by atoms with E-state index in [2.05, 4.69) is 10.2 Å². The SMILES string of the molecule is Cc1ccc(Sc2nncs2)c(C=O)c1. The maximum atomic E-state index is 10.9. The Morgan fingerprint density at radius 2 is 2.33 bits per heavy atom. The summed E-state index contributed by atoms with van der Waals surface area (Å²) in [5.41, 5.74) is 3.46. The molecule has 0 radical (unpaired) electrons. The first kappa shape index (κ1) is 10.3. The minimum absolute atomic E-state index is 0.704. The molecule has 0 saturated carbocycles. The molecule has 0 amide bonds. The molecule has 0 spiro atoms. The number of aromatic nitrogens is 2. The minimum atomic E-state index is 0.704. The second-order valence-electron chi connectivity index (χ2n) is 2.97. The predicted molar refractivity (Wildman–Crippen MR) is 60.6 cm³/mol. The van der Waals surface area contributed by atoms with Crippen LogP contribution in [0.3, 0.4) is 0 Å². The molecule has 15 heavy (non-hydrogen) atoms. The van der Waals surface area contributed by atoms with Crippen LogP contribution >= 0.6 is 23.1 Å². The van der Waals surface area contributed by atoms with Gasteiger partial charge in [-0.3, -0.25) is 4.79 Å². The number of rotatable bonds is 3. The van der Waals surface area contributed by atoms with Crippen LogP contribution in [-0.4, -0.2) is 16.5 Å². The zero-order valence-corrected chi connectivity index (χ0v) is 9.64. The molecule has 3 nitrogen and oxygen atoms in total. The fraction of sp³-hybridized carbons (Fsp3) is 0.100. The Morgan fingerprint density at radius 1 is 1.47 bits per heavy atom. The molecular weight excluding hydrogens is 228 g/mol. The lowest BCUT2D eigenvalue weighted by molar-refractivity contribution is 0.112. The van der Waals surface area contributed by atoms with Crippen LogP contribution in [0.25, 0.3) is 0 Å². The van der Waals surface area contributed by atoms with E-state index in [-0.39, 0.29) is 0 Å². The summed E-state index contributed by atoms with van der Waals surface area (Å²) in [7, 11) is 0. The van der Waals surface area contributed by atoms with Crippen molar-refractivity contribution in [3.05, 3.63) is 34.8 Å². The van der Waals surface area contributed by atoms with Crippen molar-refractivity contribution in [2.75, 3.05) is 0 Å². The molecule has 0 aliphatic rings. The van der Waals surface area contributed by atoms with Crippen LogP contribution in [0.4, 0.5) is 0 Å². The van der Waals surface area contributed by atoms with Crippen molar-refractivity contribution in [2.24, 2.45) is 0 Å². The molecule has 1 aromatic heterocycles. The van der Waals surface area contributed by atoms with E-state index in [9.17, 15) is 4.79 Å². The molecular formula is C10H8N2OS2. The summed E-state index contributed by atoms with van der Waals surface area (Å²) in [6.07, 6.45) is 0.871. The highest BCUT2D eigenvalue weighted by atomic mass is 32.2. The first-order valence-corrected chi connectivity index (χ1v) is 5.99. The molecule has 76 valence electrons. The smallest absolute Gasteiger partial charge is 0.178 e. The Bertz CT molecular complexity index is 468. The molecule has 0 aliphatic carbocycles. The number of aryl methyl sites for hydroxylation is 1. The van der Waals surface area contributed by atoms with Crippen LogP contribution in [0.5, 0.6) is 0 Å². The fourth-order valence-corrected chi connectivity index (χ4v) is 2.66. The van der Waals surface area contributed by atoms with Crippen LogP contribution in [-0.2, 0) is 0 Å². The van der Waals surface area contributed by atoms with Crippen molar-refractivity contribution in [3.8, 4) is 0 Å². The molecule has 1 heterocycles. The molecule has 0 bridgehead atoms. The van der Waals surface area contributed by atoms with Gasteiger partial charge in [-0.05, 0) is 19.1 Å². The molecule has 0 N–H and O–H groups in total. The van der Waals surface area contributed by atoms with Crippen molar-refractivity contribution in [1.82, 2.24) is 10.2 Å². The van der Waals surface area contributed by atoms with Gasteiger partial charge in [0.15, 0.2) is 10.6 Å². The number of benzene rings is 1. The number of hydrogen-bond acceptors (Lipinski definition) is 5. The number of aldehydes is 1. The fourth-order valence-electron chi connectivity index (χ4n) is 1.15. The Morgan fingerprint density at radius 3 is 3.00 bits per heavy atom. The van der Waals surface area contributed by atoms with E-state index in [1.807, 2.05) is 25.1 Å². The van der Waals surface area contributed by atoms with Crippen LogP contribution in [0.1, 0.15) is 15.9 Å². The predicted octanol–water partition coefficient (Wildman–Crippen LogP) is 2.81. The van der Waals surface area contributed by atoms with E-state index >= 15 is 0 Å². The van der Waals surface area contributed by atoms with Gasteiger partial charge in [-0.1, -0.05) is 34.7 Å². The van der Waals surface area contributed by atoms with E-state index < -0.39 is 0 Å². The van der Waals surface area contributed by atoms with Crippen LogP contribution in [0, 0.1) is 6.92 Å². The molecule has 5 heteroatoms. The standard InChI is InChI=1S/C10H8N2OS2/c1-7-2-3-9(8(4-7)5-13)15-10-12-11-6-14-10/h2-6H,1H3. The largest absolute Gasteiger partial charge is 0.298 e. The lowest BCUT2D eigenvalue weighted by atomic mass is 10.2. The second kappa shape index (κ2) is 4.55. The van der Waals surface area contributed by atoms with Crippen LogP contribution in [0.2, 0.25) is 0 Å². The summed E-state index contributed by atoms with van der Waals surface area (Å²) in [5.74, 6) is 0. The van der Waals surface area contributed by atoms with Gasteiger partial charge in [0.05, 0.1) is 0 Å². The van der Waals surface area contributed by atoms with Gasteiger partial charge in [-0.15, -0.1) is 10.2 Å². The van der Waals surface area contributed by atoms with Crippen molar-refractivity contribution in [2.45, 2.75) is 16.2 Å². The summed E-state index contributed by atoms with van der Waals surface area (Å²) in [5, 5.41) is 7.68. The Kier molecular flexibility index (Phi) is 3.13. The maximum absolute atomic E-state index is 10.9. The summed E-state index contributed by atoms with van der Waals surface area (Å²) in [4.78, 5) is 11.8. The summed E-state index contributed by atoms with van der Waals surface area (Å²) < 4.78 is 0.849.